The van der Waals surface area contributed by atoms with Crippen LogP contribution in [-0.2, 0) is 11.3 Å². The van der Waals surface area contributed by atoms with Gasteiger partial charge in [0.2, 0.25) is 5.91 Å². The van der Waals surface area contributed by atoms with Crippen LogP contribution in [0.1, 0.15) is 50.7 Å². The molecule has 4 rings (SSSR count). The van der Waals surface area contributed by atoms with Crippen molar-refractivity contribution < 1.29 is 4.79 Å². The van der Waals surface area contributed by atoms with Crippen molar-refractivity contribution in [2.45, 2.75) is 64.6 Å². The number of nitrogens with zero attached hydrogens (tertiary/aromatic N) is 4. The van der Waals surface area contributed by atoms with Crippen molar-refractivity contribution in [3.63, 3.8) is 0 Å². The molecule has 1 atom stereocenters. The van der Waals surface area contributed by atoms with Gasteiger partial charge in [0.15, 0.2) is 0 Å². The van der Waals surface area contributed by atoms with Crippen LogP contribution in [0.3, 0.4) is 0 Å². The lowest BCUT2D eigenvalue weighted by atomic mass is 9.84. The number of hydrogen-bond acceptors (Lipinski definition) is 3. The maximum absolute atomic E-state index is 13.3. The van der Waals surface area contributed by atoms with Crippen molar-refractivity contribution in [3.8, 4) is 5.69 Å². The van der Waals surface area contributed by atoms with E-state index in [9.17, 15) is 4.79 Å². The summed E-state index contributed by atoms with van der Waals surface area (Å²) in [5, 5.41) is 4.55. The number of rotatable bonds is 4. The molecule has 5 heteroatoms. The van der Waals surface area contributed by atoms with Crippen LogP contribution in [0.15, 0.2) is 36.7 Å². The van der Waals surface area contributed by atoms with Gasteiger partial charge in [-0.25, -0.2) is 4.68 Å². The van der Waals surface area contributed by atoms with E-state index in [0.29, 0.717) is 5.91 Å². The molecule has 0 bridgehead atoms. The highest BCUT2D eigenvalue weighted by atomic mass is 16.2. The summed E-state index contributed by atoms with van der Waals surface area (Å²) >= 11 is 0. The summed E-state index contributed by atoms with van der Waals surface area (Å²) in [5.41, 5.74) is 3.19. The third kappa shape index (κ3) is 3.29. The van der Waals surface area contributed by atoms with Gasteiger partial charge in [0, 0.05) is 30.9 Å². The Bertz CT molecular complexity index is 810. The van der Waals surface area contributed by atoms with E-state index in [1.165, 1.54) is 11.1 Å². The van der Waals surface area contributed by atoms with Crippen LogP contribution >= 0.6 is 0 Å². The number of piperidine rings is 1. The normalized spacial score (nSPS) is 23.7. The van der Waals surface area contributed by atoms with Gasteiger partial charge in [-0.3, -0.25) is 9.69 Å². The molecule has 3 heterocycles. The molecule has 1 spiro atoms. The zero-order chi connectivity index (χ0) is 19.0. The Labute approximate surface area is 162 Å². The van der Waals surface area contributed by atoms with Crippen LogP contribution in [0.25, 0.3) is 5.69 Å². The average molecular weight is 367 g/mol. The number of aromatic nitrogens is 2. The number of likely N-dealkylation sites (tertiary alicyclic amines) is 2. The van der Waals surface area contributed by atoms with Crippen LogP contribution in [-0.4, -0.2) is 50.2 Å². The summed E-state index contributed by atoms with van der Waals surface area (Å²) in [6, 6.07) is 8.67. The third-order valence-electron chi connectivity index (χ3n) is 6.20. The Balaban J connectivity index is 1.54. The highest BCUT2D eigenvalue weighted by Gasteiger charge is 2.51. The maximum atomic E-state index is 13.3. The molecule has 1 aromatic carbocycles. The molecule has 144 valence electrons. The lowest BCUT2D eigenvalue weighted by molar-refractivity contribution is -0.149. The molecule has 5 nitrogen and oxygen atoms in total. The first-order valence-corrected chi connectivity index (χ1v) is 10.2. The predicted octanol–water partition coefficient (Wildman–Crippen LogP) is 3.55. The van der Waals surface area contributed by atoms with Gasteiger partial charge in [-0.2, -0.15) is 5.10 Å². The Kier molecular flexibility index (Phi) is 4.81. The monoisotopic (exact) mass is 366 g/mol. The number of benzene rings is 1. The Morgan fingerprint density at radius 3 is 2.52 bits per heavy atom. The number of hydrogen-bond donors (Lipinski definition) is 0. The summed E-state index contributed by atoms with van der Waals surface area (Å²) in [5.74, 6) is 0.340. The molecule has 2 saturated heterocycles. The van der Waals surface area contributed by atoms with Gasteiger partial charge in [-0.05, 0) is 65.1 Å². The second-order valence-corrected chi connectivity index (χ2v) is 8.38. The Morgan fingerprint density at radius 2 is 1.81 bits per heavy atom. The fraction of sp³-hybridized carbons (Fsp3) is 0.545. The van der Waals surface area contributed by atoms with Crippen LogP contribution < -0.4 is 0 Å². The van der Waals surface area contributed by atoms with Crippen molar-refractivity contribution >= 4 is 5.91 Å². The number of amides is 1. The van der Waals surface area contributed by atoms with Gasteiger partial charge in [0.1, 0.15) is 5.54 Å². The maximum Gasteiger partial charge on any atom is 0.243 e. The topological polar surface area (TPSA) is 41.4 Å². The smallest absolute Gasteiger partial charge is 0.243 e. The lowest BCUT2D eigenvalue weighted by Gasteiger charge is -2.46. The summed E-state index contributed by atoms with van der Waals surface area (Å²) in [6.07, 6.45) is 8.22. The number of carbonyl (C=O) groups excluding carboxylic acids is 1. The summed E-state index contributed by atoms with van der Waals surface area (Å²) in [7, 11) is 0. The van der Waals surface area contributed by atoms with E-state index < -0.39 is 0 Å². The van der Waals surface area contributed by atoms with Crippen molar-refractivity contribution in [3.05, 3.63) is 47.8 Å². The number of carbonyl (C=O) groups is 1. The zero-order valence-electron chi connectivity index (χ0n) is 16.7. The molecule has 0 radical (unpaired) electrons. The largest absolute Gasteiger partial charge is 0.339 e. The molecule has 1 unspecified atom stereocenters. The van der Waals surface area contributed by atoms with E-state index in [4.69, 9.17) is 0 Å². The van der Waals surface area contributed by atoms with Gasteiger partial charge in [0.25, 0.3) is 0 Å². The number of aryl methyl sites for hydroxylation is 1. The van der Waals surface area contributed by atoms with E-state index in [0.717, 1.165) is 51.0 Å². The van der Waals surface area contributed by atoms with Crippen LogP contribution in [0.4, 0.5) is 0 Å². The third-order valence-corrected chi connectivity index (χ3v) is 6.20. The second-order valence-electron chi connectivity index (χ2n) is 8.38. The van der Waals surface area contributed by atoms with Gasteiger partial charge in [-0.1, -0.05) is 17.7 Å². The van der Waals surface area contributed by atoms with Gasteiger partial charge >= 0.3 is 0 Å². The van der Waals surface area contributed by atoms with Gasteiger partial charge < -0.3 is 4.90 Å². The van der Waals surface area contributed by atoms with Crippen molar-refractivity contribution in [1.29, 1.82) is 0 Å². The van der Waals surface area contributed by atoms with Crippen molar-refractivity contribution in [1.82, 2.24) is 19.6 Å². The van der Waals surface area contributed by atoms with E-state index in [2.05, 4.69) is 66.1 Å². The summed E-state index contributed by atoms with van der Waals surface area (Å²) in [4.78, 5) is 17.8. The fourth-order valence-electron chi connectivity index (χ4n) is 4.70. The first kappa shape index (κ1) is 18.2. The molecule has 2 aliphatic rings. The summed E-state index contributed by atoms with van der Waals surface area (Å²) < 4.78 is 1.93. The van der Waals surface area contributed by atoms with Crippen LogP contribution in [0.2, 0.25) is 0 Å². The summed E-state index contributed by atoms with van der Waals surface area (Å²) in [6.45, 7) is 9.03. The minimum Gasteiger partial charge on any atom is -0.339 e. The second kappa shape index (κ2) is 7.12. The standard InChI is InChI=1S/C22H30N4O/c1-17(2)25-13-5-11-22(21(25)27)10-4-12-24(22)15-19-14-23-26(16-19)20-8-6-18(3)7-9-20/h6-9,14,16-17H,4-5,10-13,15H2,1-3H3. The molecule has 27 heavy (non-hydrogen) atoms. The van der Waals surface area contributed by atoms with E-state index in [1.54, 1.807) is 0 Å². The van der Waals surface area contributed by atoms with E-state index in [-0.39, 0.29) is 11.6 Å². The zero-order valence-corrected chi connectivity index (χ0v) is 16.7. The molecule has 0 aliphatic carbocycles. The Hall–Kier alpha value is -2.14. The SMILES string of the molecule is Cc1ccc(-n2cc(CN3CCCC34CCCN(C(C)C)C4=O)cn2)cc1. The lowest BCUT2D eigenvalue weighted by Crippen LogP contribution is -2.61. The average Bonchev–Trinajstić information content (AvgIpc) is 3.27. The molecule has 0 N–H and O–H groups in total. The highest BCUT2D eigenvalue weighted by molar-refractivity contribution is 5.87. The van der Waals surface area contributed by atoms with Crippen LogP contribution in [0, 0.1) is 6.92 Å². The first-order valence-electron chi connectivity index (χ1n) is 10.2. The fourth-order valence-corrected chi connectivity index (χ4v) is 4.70. The molecular weight excluding hydrogens is 336 g/mol. The molecule has 2 fully saturated rings. The molecular formula is C22H30N4O. The Morgan fingerprint density at radius 1 is 1.11 bits per heavy atom. The molecule has 1 aromatic heterocycles. The van der Waals surface area contributed by atoms with E-state index >= 15 is 0 Å². The van der Waals surface area contributed by atoms with Crippen LogP contribution in [0.5, 0.6) is 0 Å². The minimum absolute atomic E-state index is 0.279. The molecule has 2 aliphatic heterocycles. The van der Waals surface area contributed by atoms with Crippen molar-refractivity contribution in [2.75, 3.05) is 13.1 Å². The van der Waals surface area contributed by atoms with Crippen molar-refractivity contribution in [2.24, 2.45) is 0 Å². The quantitative estimate of drug-likeness (QED) is 0.831. The van der Waals surface area contributed by atoms with Gasteiger partial charge in [0.05, 0.1) is 11.9 Å². The highest BCUT2D eigenvalue weighted by Crippen LogP contribution is 2.39. The molecule has 0 saturated carbocycles. The molecule has 1 amide bonds. The first-order chi connectivity index (χ1) is 13.0. The predicted molar refractivity (Wildman–Crippen MR) is 107 cm³/mol. The van der Waals surface area contributed by atoms with Gasteiger partial charge in [-0.15, -0.1) is 0 Å². The minimum atomic E-state index is -0.297. The molecule has 2 aromatic rings. The van der Waals surface area contributed by atoms with E-state index in [1.807, 2.05) is 10.9 Å².